The van der Waals surface area contributed by atoms with E-state index >= 15 is 0 Å². The number of ether oxygens (including phenoxy) is 2. The second-order valence-corrected chi connectivity index (χ2v) is 6.57. The second kappa shape index (κ2) is 5.39. The summed E-state index contributed by atoms with van der Waals surface area (Å²) in [7, 11) is 0. The van der Waals surface area contributed by atoms with Crippen LogP contribution >= 0.6 is 34.8 Å². The lowest BCUT2D eigenvalue weighted by Gasteiger charge is -2.12. The van der Waals surface area contributed by atoms with Gasteiger partial charge in [-0.15, -0.1) is 23.2 Å². The number of hydrogen-bond donors (Lipinski definition) is 0. The standard InChI is InChI=1S/C13H13Cl3O3/c1-12(8-13(12,15)16)11(17)19-7-6-18-10-4-2-9(14)3-5-10/h2-5H,6-8H2,1H3. The number of rotatable bonds is 5. The molecule has 1 aliphatic carbocycles. The van der Waals surface area contributed by atoms with E-state index in [2.05, 4.69) is 0 Å². The summed E-state index contributed by atoms with van der Waals surface area (Å²) in [6.07, 6.45) is 0.417. The zero-order chi connectivity index (χ0) is 14.1. The summed E-state index contributed by atoms with van der Waals surface area (Å²) in [6.45, 7) is 2.11. The quantitative estimate of drug-likeness (QED) is 0.469. The molecular formula is C13H13Cl3O3. The largest absolute Gasteiger partial charge is 0.490 e. The molecule has 0 radical (unpaired) electrons. The summed E-state index contributed by atoms with van der Waals surface area (Å²) in [6, 6.07) is 6.94. The lowest BCUT2D eigenvalue weighted by Crippen LogP contribution is -2.23. The van der Waals surface area contributed by atoms with E-state index in [0.717, 1.165) is 0 Å². The van der Waals surface area contributed by atoms with Crippen molar-refractivity contribution in [3.8, 4) is 5.75 Å². The third-order valence-corrected chi connectivity index (χ3v) is 4.46. The van der Waals surface area contributed by atoms with E-state index in [9.17, 15) is 4.79 Å². The van der Waals surface area contributed by atoms with Crippen LogP contribution in [-0.4, -0.2) is 23.5 Å². The average Bonchev–Trinajstić information content (AvgIpc) is 2.87. The van der Waals surface area contributed by atoms with Gasteiger partial charge in [-0.25, -0.2) is 0 Å². The number of carbonyl (C=O) groups excluding carboxylic acids is 1. The lowest BCUT2D eigenvalue weighted by molar-refractivity contribution is -0.150. The molecule has 6 heteroatoms. The van der Waals surface area contributed by atoms with Crippen molar-refractivity contribution in [3.63, 3.8) is 0 Å². The summed E-state index contributed by atoms with van der Waals surface area (Å²) < 4.78 is 9.49. The van der Waals surface area contributed by atoms with Gasteiger partial charge < -0.3 is 9.47 Å². The molecule has 0 spiro atoms. The number of alkyl halides is 2. The Balaban J connectivity index is 1.70. The number of hydrogen-bond acceptors (Lipinski definition) is 3. The molecule has 1 unspecified atom stereocenters. The van der Waals surface area contributed by atoms with Crippen molar-refractivity contribution < 1.29 is 14.3 Å². The van der Waals surface area contributed by atoms with Crippen molar-refractivity contribution in [2.75, 3.05) is 13.2 Å². The fourth-order valence-corrected chi connectivity index (χ4v) is 2.42. The van der Waals surface area contributed by atoms with Gasteiger partial charge in [0.05, 0.1) is 0 Å². The monoisotopic (exact) mass is 322 g/mol. The average molecular weight is 324 g/mol. The first kappa shape index (κ1) is 14.8. The van der Waals surface area contributed by atoms with Crippen LogP contribution in [0.1, 0.15) is 13.3 Å². The maximum atomic E-state index is 11.7. The predicted molar refractivity (Wildman–Crippen MR) is 75.1 cm³/mol. The van der Waals surface area contributed by atoms with Gasteiger partial charge in [0, 0.05) is 11.4 Å². The molecule has 19 heavy (non-hydrogen) atoms. The van der Waals surface area contributed by atoms with E-state index < -0.39 is 15.7 Å². The lowest BCUT2D eigenvalue weighted by atomic mass is 10.1. The molecule has 0 bridgehead atoms. The topological polar surface area (TPSA) is 35.5 Å². The highest BCUT2D eigenvalue weighted by atomic mass is 35.5. The van der Waals surface area contributed by atoms with Crippen LogP contribution in [0.15, 0.2) is 24.3 Å². The van der Waals surface area contributed by atoms with Crippen LogP contribution in [0.5, 0.6) is 5.75 Å². The van der Waals surface area contributed by atoms with Crippen LogP contribution < -0.4 is 4.74 Å². The van der Waals surface area contributed by atoms with Gasteiger partial charge in [-0.3, -0.25) is 4.79 Å². The Morgan fingerprint density at radius 2 is 1.84 bits per heavy atom. The Morgan fingerprint density at radius 3 is 2.37 bits per heavy atom. The van der Waals surface area contributed by atoms with Gasteiger partial charge in [0.2, 0.25) is 0 Å². The molecule has 1 saturated carbocycles. The maximum Gasteiger partial charge on any atom is 0.315 e. The van der Waals surface area contributed by atoms with Crippen LogP contribution in [0, 0.1) is 5.41 Å². The molecule has 0 aromatic heterocycles. The van der Waals surface area contributed by atoms with Crippen molar-refractivity contribution in [1.29, 1.82) is 0 Å². The first-order valence-electron chi connectivity index (χ1n) is 5.79. The third-order valence-electron chi connectivity index (χ3n) is 3.11. The van der Waals surface area contributed by atoms with Gasteiger partial charge in [0.25, 0.3) is 0 Å². The van der Waals surface area contributed by atoms with Crippen molar-refractivity contribution in [1.82, 2.24) is 0 Å². The molecule has 104 valence electrons. The van der Waals surface area contributed by atoms with E-state index in [1.807, 2.05) is 0 Å². The smallest absolute Gasteiger partial charge is 0.315 e. The van der Waals surface area contributed by atoms with Gasteiger partial charge in [0.15, 0.2) is 0 Å². The Kier molecular flexibility index (Phi) is 4.19. The third kappa shape index (κ3) is 3.28. The zero-order valence-corrected chi connectivity index (χ0v) is 12.6. The van der Waals surface area contributed by atoms with Crippen molar-refractivity contribution in [2.24, 2.45) is 5.41 Å². The molecule has 0 aliphatic heterocycles. The van der Waals surface area contributed by atoms with Crippen LogP contribution in [0.4, 0.5) is 0 Å². The van der Waals surface area contributed by atoms with E-state index in [1.165, 1.54) is 0 Å². The highest BCUT2D eigenvalue weighted by Gasteiger charge is 2.69. The van der Waals surface area contributed by atoms with Crippen molar-refractivity contribution >= 4 is 40.8 Å². The maximum absolute atomic E-state index is 11.7. The zero-order valence-electron chi connectivity index (χ0n) is 10.3. The second-order valence-electron chi connectivity index (χ2n) is 4.65. The molecule has 1 aliphatic rings. The van der Waals surface area contributed by atoms with Crippen molar-refractivity contribution in [3.05, 3.63) is 29.3 Å². The first-order chi connectivity index (χ1) is 8.85. The van der Waals surface area contributed by atoms with E-state index in [0.29, 0.717) is 17.2 Å². The van der Waals surface area contributed by atoms with Crippen LogP contribution in [0.25, 0.3) is 0 Å². The van der Waals surface area contributed by atoms with Gasteiger partial charge in [-0.05, 0) is 31.2 Å². The Morgan fingerprint density at radius 1 is 1.26 bits per heavy atom. The molecule has 0 saturated heterocycles. The Hall–Kier alpha value is -0.640. The van der Waals surface area contributed by atoms with Gasteiger partial charge in [-0.1, -0.05) is 11.6 Å². The molecule has 3 nitrogen and oxygen atoms in total. The Labute approximate surface area is 126 Å². The predicted octanol–water partition coefficient (Wildman–Crippen LogP) is 3.85. The molecule has 2 rings (SSSR count). The van der Waals surface area contributed by atoms with E-state index in [1.54, 1.807) is 31.2 Å². The number of esters is 1. The SMILES string of the molecule is CC1(C(=O)OCCOc2ccc(Cl)cc2)CC1(Cl)Cl. The minimum atomic E-state index is -0.999. The first-order valence-corrected chi connectivity index (χ1v) is 6.92. The highest BCUT2D eigenvalue weighted by Crippen LogP contribution is 2.64. The minimum Gasteiger partial charge on any atom is -0.490 e. The number of carbonyl (C=O) groups is 1. The fraction of sp³-hybridized carbons (Fsp3) is 0.462. The van der Waals surface area contributed by atoms with Gasteiger partial charge in [0.1, 0.15) is 28.7 Å². The molecule has 1 aromatic rings. The fourth-order valence-electron chi connectivity index (χ4n) is 1.61. The van der Waals surface area contributed by atoms with Crippen molar-refractivity contribution in [2.45, 2.75) is 17.7 Å². The molecule has 1 fully saturated rings. The molecule has 0 N–H and O–H groups in total. The summed E-state index contributed by atoms with van der Waals surface area (Å²) in [4.78, 5) is 11.7. The molecule has 1 atom stereocenters. The van der Waals surface area contributed by atoms with Crippen LogP contribution in [0.2, 0.25) is 5.02 Å². The summed E-state index contributed by atoms with van der Waals surface area (Å²) in [5.74, 6) is 0.277. The molecular weight excluding hydrogens is 310 g/mol. The van der Waals surface area contributed by atoms with E-state index in [4.69, 9.17) is 44.3 Å². The normalized spacial score (nSPS) is 23.8. The molecule has 0 amide bonds. The summed E-state index contributed by atoms with van der Waals surface area (Å²) in [5.41, 5.74) is -0.795. The van der Waals surface area contributed by atoms with Crippen LogP contribution in [0.3, 0.4) is 0 Å². The van der Waals surface area contributed by atoms with Gasteiger partial charge >= 0.3 is 5.97 Å². The number of benzene rings is 1. The Bertz CT molecular complexity index is 473. The van der Waals surface area contributed by atoms with Crippen LogP contribution in [-0.2, 0) is 9.53 Å². The van der Waals surface area contributed by atoms with Gasteiger partial charge in [-0.2, -0.15) is 0 Å². The summed E-state index contributed by atoms with van der Waals surface area (Å²) >= 11 is 17.5. The molecule has 0 heterocycles. The number of halogens is 3. The molecule has 1 aromatic carbocycles. The summed E-state index contributed by atoms with van der Waals surface area (Å²) in [5, 5.41) is 0.640. The van der Waals surface area contributed by atoms with E-state index in [-0.39, 0.29) is 13.2 Å². The highest BCUT2D eigenvalue weighted by molar-refractivity contribution is 6.53. The minimum absolute atomic E-state index is 0.154.